The summed E-state index contributed by atoms with van der Waals surface area (Å²) in [5.74, 6) is 1.61. The van der Waals surface area contributed by atoms with E-state index in [-0.39, 0.29) is 23.7 Å². The summed E-state index contributed by atoms with van der Waals surface area (Å²) >= 11 is 0. The van der Waals surface area contributed by atoms with Crippen LogP contribution in [0.5, 0.6) is 11.5 Å². The first kappa shape index (κ1) is 18.6. The van der Waals surface area contributed by atoms with Gasteiger partial charge in [-0.15, -0.1) is 12.4 Å². The van der Waals surface area contributed by atoms with Crippen LogP contribution in [0.25, 0.3) is 0 Å². The number of benzene rings is 1. The Morgan fingerprint density at radius 3 is 2.64 bits per heavy atom. The Labute approximate surface area is 138 Å². The molecule has 0 unspecified atom stereocenters. The smallest absolute Gasteiger partial charge is 0.220 e. The van der Waals surface area contributed by atoms with E-state index in [2.05, 4.69) is 19.2 Å². The van der Waals surface area contributed by atoms with Crippen molar-refractivity contribution in [2.75, 3.05) is 26.3 Å². The minimum atomic E-state index is -0.172. The number of hydrogen-bond donors (Lipinski definition) is 2. The SMILES string of the molecule is CC(C)(CNC(=O)CCCN)c1ccc2c(c1)OCCO2.Cl. The standard InChI is InChI=1S/C16H24N2O3.ClH/c1-16(2,11-18-15(19)4-3-7-17)12-5-6-13-14(10-12)21-9-8-20-13;/h5-6,10H,3-4,7-9,11,17H2,1-2H3,(H,18,19);1H. The molecule has 1 amide bonds. The largest absolute Gasteiger partial charge is 0.486 e. The summed E-state index contributed by atoms with van der Waals surface area (Å²) in [7, 11) is 0. The normalized spacial score (nSPS) is 13.2. The van der Waals surface area contributed by atoms with Gasteiger partial charge in [0.05, 0.1) is 0 Å². The topological polar surface area (TPSA) is 73.6 Å². The Morgan fingerprint density at radius 1 is 1.27 bits per heavy atom. The van der Waals surface area contributed by atoms with Crippen LogP contribution in [0.4, 0.5) is 0 Å². The lowest BCUT2D eigenvalue weighted by Crippen LogP contribution is -2.36. The van der Waals surface area contributed by atoms with Crippen LogP contribution in [0, 0.1) is 0 Å². The lowest BCUT2D eigenvalue weighted by molar-refractivity contribution is -0.121. The second-order valence-electron chi connectivity index (χ2n) is 5.91. The number of halogens is 1. The van der Waals surface area contributed by atoms with E-state index >= 15 is 0 Å². The van der Waals surface area contributed by atoms with E-state index in [0.29, 0.717) is 32.7 Å². The van der Waals surface area contributed by atoms with Crippen LogP contribution < -0.4 is 20.5 Å². The molecule has 1 heterocycles. The maximum Gasteiger partial charge on any atom is 0.220 e. The Balaban J connectivity index is 0.00000242. The van der Waals surface area contributed by atoms with Gasteiger partial charge in [-0.05, 0) is 30.7 Å². The fourth-order valence-electron chi connectivity index (χ4n) is 2.24. The quantitative estimate of drug-likeness (QED) is 0.837. The molecule has 1 aliphatic rings. The third-order valence-electron chi connectivity index (χ3n) is 3.66. The molecule has 124 valence electrons. The molecule has 5 nitrogen and oxygen atoms in total. The van der Waals surface area contributed by atoms with Gasteiger partial charge >= 0.3 is 0 Å². The molecule has 0 spiro atoms. The van der Waals surface area contributed by atoms with Gasteiger partial charge in [-0.3, -0.25) is 4.79 Å². The third-order valence-corrected chi connectivity index (χ3v) is 3.66. The third kappa shape index (κ3) is 4.78. The van der Waals surface area contributed by atoms with E-state index in [4.69, 9.17) is 15.2 Å². The van der Waals surface area contributed by atoms with Crippen molar-refractivity contribution < 1.29 is 14.3 Å². The monoisotopic (exact) mass is 328 g/mol. The molecule has 0 fully saturated rings. The van der Waals surface area contributed by atoms with Crippen LogP contribution in [0.15, 0.2) is 18.2 Å². The van der Waals surface area contributed by atoms with Crippen molar-refractivity contribution in [1.29, 1.82) is 0 Å². The van der Waals surface area contributed by atoms with Gasteiger partial charge in [0.25, 0.3) is 0 Å². The second-order valence-corrected chi connectivity index (χ2v) is 5.91. The summed E-state index contributed by atoms with van der Waals surface area (Å²) in [6, 6.07) is 5.96. The number of nitrogens with one attached hydrogen (secondary N) is 1. The fraction of sp³-hybridized carbons (Fsp3) is 0.562. The summed E-state index contributed by atoms with van der Waals surface area (Å²) < 4.78 is 11.1. The van der Waals surface area contributed by atoms with Crippen molar-refractivity contribution in [2.45, 2.75) is 32.1 Å². The van der Waals surface area contributed by atoms with Crippen LogP contribution in [0.3, 0.4) is 0 Å². The van der Waals surface area contributed by atoms with Gasteiger partial charge in [-0.1, -0.05) is 19.9 Å². The molecule has 22 heavy (non-hydrogen) atoms. The molecule has 0 aliphatic carbocycles. The molecule has 2 rings (SSSR count). The van der Waals surface area contributed by atoms with Gasteiger partial charge in [0, 0.05) is 18.4 Å². The maximum atomic E-state index is 11.7. The average molecular weight is 329 g/mol. The summed E-state index contributed by atoms with van der Waals surface area (Å²) in [5, 5.41) is 2.97. The number of carbonyl (C=O) groups excluding carboxylic acids is 1. The molecule has 0 saturated carbocycles. The first-order valence-corrected chi connectivity index (χ1v) is 7.40. The minimum Gasteiger partial charge on any atom is -0.486 e. The number of hydrogen-bond acceptors (Lipinski definition) is 4. The molecular weight excluding hydrogens is 304 g/mol. The number of fused-ring (bicyclic) bond motifs is 1. The number of nitrogens with two attached hydrogens (primary N) is 1. The van der Waals surface area contributed by atoms with E-state index in [1.807, 2.05) is 18.2 Å². The van der Waals surface area contributed by atoms with E-state index in [1.54, 1.807) is 0 Å². The highest BCUT2D eigenvalue weighted by Crippen LogP contribution is 2.34. The van der Waals surface area contributed by atoms with Gasteiger partial charge in [0.15, 0.2) is 11.5 Å². The van der Waals surface area contributed by atoms with Crippen LogP contribution in [0.2, 0.25) is 0 Å². The van der Waals surface area contributed by atoms with Crippen molar-refractivity contribution in [1.82, 2.24) is 5.32 Å². The molecular formula is C16H25ClN2O3. The highest BCUT2D eigenvalue weighted by atomic mass is 35.5. The Bertz CT molecular complexity index is 506. The van der Waals surface area contributed by atoms with E-state index in [9.17, 15) is 4.79 Å². The number of amides is 1. The van der Waals surface area contributed by atoms with Gasteiger partial charge in [-0.2, -0.15) is 0 Å². The van der Waals surface area contributed by atoms with Crippen molar-refractivity contribution in [3.63, 3.8) is 0 Å². The van der Waals surface area contributed by atoms with Crippen LogP contribution in [0.1, 0.15) is 32.3 Å². The summed E-state index contributed by atoms with van der Waals surface area (Å²) in [5.41, 5.74) is 6.35. The van der Waals surface area contributed by atoms with Crippen LogP contribution in [-0.2, 0) is 10.2 Å². The number of carbonyl (C=O) groups is 1. The maximum absolute atomic E-state index is 11.7. The number of rotatable bonds is 6. The van der Waals surface area contributed by atoms with Crippen molar-refractivity contribution >= 4 is 18.3 Å². The molecule has 3 N–H and O–H groups in total. The average Bonchev–Trinajstić information content (AvgIpc) is 2.50. The molecule has 0 atom stereocenters. The highest BCUT2D eigenvalue weighted by Gasteiger charge is 2.24. The van der Waals surface area contributed by atoms with E-state index in [0.717, 1.165) is 23.5 Å². The predicted octanol–water partition coefficient (Wildman–Crippen LogP) is 2.01. The number of ether oxygens (including phenoxy) is 2. The first-order chi connectivity index (χ1) is 10.0. The van der Waals surface area contributed by atoms with Gasteiger partial charge in [0.2, 0.25) is 5.91 Å². The summed E-state index contributed by atoms with van der Waals surface area (Å²) in [6.07, 6.45) is 1.20. The minimum absolute atomic E-state index is 0. The lowest BCUT2D eigenvalue weighted by Gasteiger charge is -2.27. The molecule has 1 aromatic rings. The Hall–Kier alpha value is -1.46. The van der Waals surface area contributed by atoms with Gasteiger partial charge < -0.3 is 20.5 Å². The fourth-order valence-corrected chi connectivity index (χ4v) is 2.24. The van der Waals surface area contributed by atoms with Crippen molar-refractivity contribution in [3.8, 4) is 11.5 Å². The zero-order valence-electron chi connectivity index (χ0n) is 13.2. The summed E-state index contributed by atoms with van der Waals surface area (Å²) in [4.78, 5) is 11.7. The lowest BCUT2D eigenvalue weighted by atomic mass is 9.84. The van der Waals surface area contributed by atoms with Crippen LogP contribution >= 0.6 is 12.4 Å². The zero-order chi connectivity index (χ0) is 15.3. The van der Waals surface area contributed by atoms with Crippen molar-refractivity contribution in [2.24, 2.45) is 5.73 Å². The predicted molar refractivity (Wildman–Crippen MR) is 89.0 cm³/mol. The van der Waals surface area contributed by atoms with Gasteiger partial charge in [0.1, 0.15) is 13.2 Å². The molecule has 0 bridgehead atoms. The van der Waals surface area contributed by atoms with Crippen LogP contribution in [-0.4, -0.2) is 32.2 Å². The first-order valence-electron chi connectivity index (χ1n) is 7.40. The summed E-state index contributed by atoms with van der Waals surface area (Å²) in [6.45, 7) is 6.48. The molecule has 0 radical (unpaired) electrons. The van der Waals surface area contributed by atoms with E-state index in [1.165, 1.54) is 0 Å². The molecule has 0 aromatic heterocycles. The van der Waals surface area contributed by atoms with Crippen molar-refractivity contribution in [3.05, 3.63) is 23.8 Å². The van der Waals surface area contributed by atoms with Gasteiger partial charge in [-0.25, -0.2) is 0 Å². The zero-order valence-corrected chi connectivity index (χ0v) is 14.0. The molecule has 0 saturated heterocycles. The Morgan fingerprint density at radius 2 is 1.95 bits per heavy atom. The highest BCUT2D eigenvalue weighted by molar-refractivity contribution is 5.85. The molecule has 1 aliphatic heterocycles. The second kappa shape index (κ2) is 8.25. The van der Waals surface area contributed by atoms with E-state index < -0.39 is 0 Å². The molecule has 6 heteroatoms. The Kier molecular flexibility index (Phi) is 6.97. The molecule has 1 aromatic carbocycles.